The van der Waals surface area contributed by atoms with Crippen LogP contribution >= 0.6 is 0 Å². The first-order valence-electron chi connectivity index (χ1n) is 8.48. The number of carbonyl (C=O) groups excluding carboxylic acids is 3. The maximum absolute atomic E-state index is 12.1. The van der Waals surface area contributed by atoms with Gasteiger partial charge >= 0.3 is 5.97 Å². The molecule has 0 saturated heterocycles. The molecule has 8 nitrogen and oxygen atoms in total. The molecule has 3 rings (SSSR count). The summed E-state index contributed by atoms with van der Waals surface area (Å²) in [5.74, 6) is -1.39. The predicted octanol–water partition coefficient (Wildman–Crippen LogP) is 1.91. The van der Waals surface area contributed by atoms with Gasteiger partial charge in [-0.25, -0.2) is 0 Å². The molecule has 146 valence electrons. The Bertz CT molecular complexity index is 967. The van der Waals surface area contributed by atoms with E-state index in [2.05, 4.69) is 0 Å². The van der Waals surface area contributed by atoms with E-state index in [-0.39, 0.29) is 41.6 Å². The van der Waals surface area contributed by atoms with E-state index < -0.39 is 17.8 Å². The number of ketones is 1. The third kappa shape index (κ3) is 3.62. The number of phenols is 1. The number of Topliss-reactive ketones (excluding diaryl/α,β-unsaturated/α-hetero) is 1. The van der Waals surface area contributed by atoms with Crippen LogP contribution in [0.1, 0.15) is 40.7 Å². The van der Waals surface area contributed by atoms with Crippen LogP contribution in [0.5, 0.6) is 23.0 Å². The highest BCUT2D eigenvalue weighted by molar-refractivity contribution is 5.98. The van der Waals surface area contributed by atoms with Crippen LogP contribution in [-0.2, 0) is 9.59 Å². The molecule has 0 saturated carbocycles. The van der Waals surface area contributed by atoms with E-state index in [4.69, 9.17) is 19.9 Å². The van der Waals surface area contributed by atoms with E-state index in [0.29, 0.717) is 16.9 Å². The Morgan fingerprint density at radius 3 is 2.64 bits per heavy atom. The second kappa shape index (κ2) is 7.59. The van der Waals surface area contributed by atoms with Crippen LogP contribution in [0.15, 0.2) is 30.3 Å². The number of phenolic OH excluding ortho intramolecular Hbond substituents is 1. The summed E-state index contributed by atoms with van der Waals surface area (Å²) < 4.78 is 15.8. The van der Waals surface area contributed by atoms with Crippen molar-refractivity contribution in [3.05, 3.63) is 47.0 Å². The van der Waals surface area contributed by atoms with Crippen molar-refractivity contribution in [3.8, 4) is 23.0 Å². The summed E-state index contributed by atoms with van der Waals surface area (Å²) in [6, 6.07) is 7.85. The molecule has 1 aliphatic heterocycles. The number of nitrogens with two attached hydrogens (primary N) is 1. The average Bonchev–Trinajstić information content (AvgIpc) is 2.65. The van der Waals surface area contributed by atoms with Crippen molar-refractivity contribution in [1.82, 2.24) is 0 Å². The van der Waals surface area contributed by atoms with Crippen LogP contribution in [-0.4, -0.2) is 36.5 Å². The third-order valence-electron chi connectivity index (χ3n) is 4.46. The Morgan fingerprint density at radius 1 is 1.25 bits per heavy atom. The number of esters is 1. The lowest BCUT2D eigenvalue weighted by atomic mass is 9.84. The van der Waals surface area contributed by atoms with Crippen molar-refractivity contribution in [2.24, 2.45) is 5.73 Å². The Labute approximate surface area is 160 Å². The van der Waals surface area contributed by atoms with E-state index in [1.807, 2.05) is 0 Å². The molecule has 1 heterocycles. The van der Waals surface area contributed by atoms with Crippen molar-refractivity contribution in [2.75, 3.05) is 13.7 Å². The molecule has 0 radical (unpaired) electrons. The van der Waals surface area contributed by atoms with Gasteiger partial charge in [0.25, 0.3) is 5.91 Å². The lowest BCUT2D eigenvalue weighted by Gasteiger charge is -2.27. The minimum Gasteiger partial charge on any atom is -0.507 e. The third-order valence-corrected chi connectivity index (χ3v) is 4.46. The molecule has 2 aromatic rings. The number of carbonyl (C=O) groups is 3. The van der Waals surface area contributed by atoms with E-state index in [1.54, 1.807) is 18.2 Å². The Kier molecular flexibility index (Phi) is 5.21. The van der Waals surface area contributed by atoms with Crippen LogP contribution in [0, 0.1) is 0 Å². The molecular formula is C20H19NO7. The zero-order chi connectivity index (χ0) is 20.4. The molecule has 0 spiro atoms. The van der Waals surface area contributed by atoms with Gasteiger partial charge in [-0.2, -0.15) is 0 Å². The summed E-state index contributed by atoms with van der Waals surface area (Å²) >= 11 is 0. The molecule has 0 fully saturated rings. The van der Waals surface area contributed by atoms with Crippen LogP contribution in [0.4, 0.5) is 0 Å². The zero-order valence-corrected chi connectivity index (χ0v) is 15.4. The van der Waals surface area contributed by atoms with Gasteiger partial charge in [0.1, 0.15) is 11.5 Å². The molecule has 1 aliphatic rings. The SMILES string of the molecule is COc1ccc([C@H]2CC(=O)Oc3ccc(C(C)=O)c(O)c32)cc1OCC(N)=O. The highest BCUT2D eigenvalue weighted by Gasteiger charge is 2.33. The largest absolute Gasteiger partial charge is 0.507 e. The zero-order valence-electron chi connectivity index (χ0n) is 15.4. The number of aromatic hydroxyl groups is 1. The van der Waals surface area contributed by atoms with Crippen LogP contribution in [0.25, 0.3) is 0 Å². The molecule has 0 unspecified atom stereocenters. The first kappa shape index (κ1) is 19.2. The van der Waals surface area contributed by atoms with Gasteiger partial charge in [-0.15, -0.1) is 0 Å². The molecule has 1 amide bonds. The summed E-state index contributed by atoms with van der Waals surface area (Å²) in [5, 5.41) is 10.6. The van der Waals surface area contributed by atoms with Crippen molar-refractivity contribution in [1.29, 1.82) is 0 Å². The highest BCUT2D eigenvalue weighted by atomic mass is 16.5. The van der Waals surface area contributed by atoms with E-state index >= 15 is 0 Å². The number of fused-ring (bicyclic) bond motifs is 1. The molecular weight excluding hydrogens is 366 g/mol. The maximum Gasteiger partial charge on any atom is 0.312 e. The Balaban J connectivity index is 2.10. The first-order chi connectivity index (χ1) is 13.3. The van der Waals surface area contributed by atoms with Gasteiger partial charge in [-0.1, -0.05) is 6.07 Å². The second-order valence-corrected chi connectivity index (χ2v) is 6.33. The number of amides is 1. The maximum atomic E-state index is 12.1. The van der Waals surface area contributed by atoms with Crippen LogP contribution in [0.3, 0.4) is 0 Å². The van der Waals surface area contributed by atoms with Crippen molar-refractivity contribution >= 4 is 17.7 Å². The smallest absolute Gasteiger partial charge is 0.312 e. The van der Waals surface area contributed by atoms with Crippen LogP contribution < -0.4 is 19.9 Å². The number of ether oxygens (including phenoxy) is 3. The van der Waals surface area contributed by atoms with Gasteiger partial charge in [-0.05, 0) is 36.8 Å². The minimum absolute atomic E-state index is 0.0382. The summed E-state index contributed by atoms with van der Waals surface area (Å²) in [5.41, 5.74) is 6.23. The Hall–Kier alpha value is -3.55. The molecule has 0 bridgehead atoms. The number of hydrogen-bond acceptors (Lipinski definition) is 7. The molecule has 0 aromatic heterocycles. The lowest BCUT2D eigenvalue weighted by Crippen LogP contribution is -2.22. The van der Waals surface area contributed by atoms with Gasteiger partial charge in [0, 0.05) is 11.5 Å². The summed E-state index contributed by atoms with van der Waals surface area (Å²) in [6.45, 7) is 0.997. The van der Waals surface area contributed by atoms with Crippen molar-refractivity contribution < 1.29 is 33.7 Å². The fourth-order valence-corrected chi connectivity index (χ4v) is 3.19. The van der Waals surface area contributed by atoms with Gasteiger partial charge in [-0.3, -0.25) is 14.4 Å². The van der Waals surface area contributed by atoms with Gasteiger partial charge in [0.15, 0.2) is 23.9 Å². The molecule has 2 aromatic carbocycles. The summed E-state index contributed by atoms with van der Waals surface area (Å²) in [4.78, 5) is 34.9. The molecule has 0 aliphatic carbocycles. The summed E-state index contributed by atoms with van der Waals surface area (Å²) in [6.07, 6.45) is -0.0382. The van der Waals surface area contributed by atoms with Gasteiger partial charge in [0.2, 0.25) is 0 Å². The van der Waals surface area contributed by atoms with Crippen molar-refractivity contribution in [3.63, 3.8) is 0 Å². The number of rotatable bonds is 6. The fourth-order valence-electron chi connectivity index (χ4n) is 3.19. The lowest BCUT2D eigenvalue weighted by molar-refractivity contribution is -0.135. The topological polar surface area (TPSA) is 125 Å². The molecule has 3 N–H and O–H groups in total. The minimum atomic E-state index is -0.650. The van der Waals surface area contributed by atoms with E-state index in [9.17, 15) is 19.5 Å². The van der Waals surface area contributed by atoms with Crippen LogP contribution in [0.2, 0.25) is 0 Å². The first-order valence-corrected chi connectivity index (χ1v) is 8.48. The monoisotopic (exact) mass is 385 g/mol. The predicted molar refractivity (Wildman–Crippen MR) is 97.9 cm³/mol. The molecule has 8 heteroatoms. The standard InChI is InChI=1S/C20H19NO7/c1-10(22)12-4-6-15-19(20(12)25)13(8-18(24)28-15)11-3-5-14(26-2)16(7-11)27-9-17(21)23/h3-7,13,25H,8-9H2,1-2H3,(H2,21,23)/t13-/m1/s1. The number of hydrogen-bond donors (Lipinski definition) is 2. The fraction of sp³-hybridized carbons (Fsp3) is 0.250. The van der Waals surface area contributed by atoms with E-state index in [0.717, 1.165) is 0 Å². The van der Waals surface area contributed by atoms with E-state index in [1.165, 1.54) is 26.2 Å². The average molecular weight is 385 g/mol. The summed E-state index contributed by atoms with van der Waals surface area (Å²) in [7, 11) is 1.45. The highest BCUT2D eigenvalue weighted by Crippen LogP contribution is 2.46. The van der Waals surface area contributed by atoms with Gasteiger partial charge < -0.3 is 25.1 Å². The number of primary amides is 1. The molecule has 1 atom stereocenters. The number of benzene rings is 2. The Morgan fingerprint density at radius 2 is 2.00 bits per heavy atom. The number of methoxy groups -OCH3 is 1. The normalized spacial score (nSPS) is 15.4. The molecule has 28 heavy (non-hydrogen) atoms. The van der Waals surface area contributed by atoms with Crippen molar-refractivity contribution in [2.45, 2.75) is 19.3 Å². The van der Waals surface area contributed by atoms with Gasteiger partial charge in [0.05, 0.1) is 19.1 Å². The quantitative estimate of drug-likeness (QED) is 0.442. The second-order valence-electron chi connectivity index (χ2n) is 6.33.